The highest BCUT2D eigenvalue weighted by atomic mass is 32.1. The van der Waals surface area contributed by atoms with Crippen molar-refractivity contribution in [3.63, 3.8) is 0 Å². The topological polar surface area (TPSA) is 50.8 Å². The number of benzene rings is 1. The first-order valence-corrected chi connectivity index (χ1v) is 9.87. The summed E-state index contributed by atoms with van der Waals surface area (Å²) in [6.45, 7) is 3.52. The Labute approximate surface area is 158 Å². The average molecular weight is 375 g/mol. The van der Waals surface area contributed by atoms with Crippen molar-refractivity contribution in [2.24, 2.45) is 0 Å². The molecule has 1 aliphatic rings. The maximum Gasteiger partial charge on any atom is 0.317 e. The largest absolute Gasteiger partial charge is 0.493 e. The molecule has 1 atom stereocenters. The van der Waals surface area contributed by atoms with Crippen molar-refractivity contribution >= 4 is 17.4 Å². The molecule has 1 N–H and O–H groups in total. The van der Waals surface area contributed by atoms with Crippen LogP contribution in [0.1, 0.15) is 35.4 Å². The summed E-state index contributed by atoms with van der Waals surface area (Å²) in [6.07, 6.45) is 2.64. The Morgan fingerprint density at radius 2 is 2.08 bits per heavy atom. The molecule has 3 rings (SSSR count). The molecule has 140 valence electrons. The molecule has 0 spiro atoms. The summed E-state index contributed by atoms with van der Waals surface area (Å²) in [5, 5.41) is 5.20. The van der Waals surface area contributed by atoms with Crippen molar-refractivity contribution < 1.29 is 14.3 Å². The van der Waals surface area contributed by atoms with Crippen molar-refractivity contribution in [1.29, 1.82) is 0 Å². The Morgan fingerprint density at radius 1 is 1.27 bits per heavy atom. The number of carbonyl (C=O) groups is 1. The van der Waals surface area contributed by atoms with E-state index < -0.39 is 0 Å². The first-order valence-electron chi connectivity index (χ1n) is 8.99. The summed E-state index contributed by atoms with van der Waals surface area (Å²) in [5.74, 6) is 1.43. The van der Waals surface area contributed by atoms with Crippen molar-refractivity contribution in [3.8, 4) is 11.5 Å². The van der Waals surface area contributed by atoms with Gasteiger partial charge in [-0.2, -0.15) is 0 Å². The lowest BCUT2D eigenvalue weighted by molar-refractivity contribution is 0.168. The Kier molecular flexibility index (Phi) is 6.04. The Balaban J connectivity index is 1.58. The van der Waals surface area contributed by atoms with Crippen LogP contribution in [0, 0.1) is 0 Å². The summed E-state index contributed by atoms with van der Waals surface area (Å²) < 4.78 is 10.6. The van der Waals surface area contributed by atoms with Crippen molar-refractivity contribution in [2.75, 3.05) is 27.3 Å². The van der Waals surface area contributed by atoms with E-state index >= 15 is 0 Å². The maximum atomic E-state index is 12.7. The second-order valence-electron chi connectivity index (χ2n) is 6.34. The molecule has 6 heteroatoms. The lowest BCUT2D eigenvalue weighted by Crippen LogP contribution is -2.45. The number of fused-ring (bicyclic) bond motifs is 1. The van der Waals surface area contributed by atoms with Gasteiger partial charge in [0, 0.05) is 18.0 Å². The Bertz CT molecular complexity index is 759. The molecular formula is C20H26N2O3S. The van der Waals surface area contributed by atoms with Gasteiger partial charge in [0.1, 0.15) is 0 Å². The second kappa shape index (κ2) is 8.45. The molecule has 0 bridgehead atoms. The van der Waals surface area contributed by atoms with Crippen LogP contribution < -0.4 is 14.8 Å². The minimum Gasteiger partial charge on any atom is -0.493 e. The third-order valence-electron chi connectivity index (χ3n) is 4.88. The second-order valence-corrected chi connectivity index (χ2v) is 7.34. The van der Waals surface area contributed by atoms with Crippen LogP contribution in [0.3, 0.4) is 0 Å². The van der Waals surface area contributed by atoms with Crippen LogP contribution in [0.2, 0.25) is 0 Å². The Morgan fingerprint density at radius 3 is 2.81 bits per heavy atom. The number of nitrogens with one attached hydrogen (secondary N) is 1. The number of urea groups is 1. The molecule has 0 aliphatic carbocycles. The number of amides is 2. The molecule has 1 aliphatic heterocycles. The number of hydrogen-bond donors (Lipinski definition) is 1. The lowest BCUT2D eigenvalue weighted by atomic mass is 9.98. The quantitative estimate of drug-likeness (QED) is 0.831. The van der Waals surface area contributed by atoms with Gasteiger partial charge in [-0.05, 0) is 54.0 Å². The molecule has 2 amide bonds. The van der Waals surface area contributed by atoms with Crippen LogP contribution in [0.5, 0.6) is 11.5 Å². The molecule has 0 fully saturated rings. The van der Waals surface area contributed by atoms with E-state index in [1.54, 1.807) is 25.6 Å². The van der Waals surface area contributed by atoms with Crippen LogP contribution >= 0.6 is 11.3 Å². The van der Waals surface area contributed by atoms with Gasteiger partial charge < -0.3 is 19.7 Å². The third kappa shape index (κ3) is 3.80. The zero-order chi connectivity index (χ0) is 18.5. The van der Waals surface area contributed by atoms with E-state index in [1.165, 1.54) is 10.4 Å². The van der Waals surface area contributed by atoms with Gasteiger partial charge in [0.05, 0.1) is 20.3 Å². The molecule has 0 saturated heterocycles. The predicted octanol–water partition coefficient (Wildman–Crippen LogP) is 4.03. The van der Waals surface area contributed by atoms with Crippen LogP contribution in [-0.2, 0) is 12.8 Å². The molecule has 0 radical (unpaired) electrons. The summed E-state index contributed by atoms with van der Waals surface area (Å²) in [5.41, 5.74) is 2.42. The minimum absolute atomic E-state index is 0.0224. The van der Waals surface area contributed by atoms with Gasteiger partial charge >= 0.3 is 6.03 Å². The number of carbonyl (C=O) groups excluding carboxylic acids is 1. The van der Waals surface area contributed by atoms with Crippen LogP contribution in [0.25, 0.3) is 0 Å². The maximum absolute atomic E-state index is 12.7. The van der Waals surface area contributed by atoms with Gasteiger partial charge in [-0.15, -0.1) is 11.3 Å². The van der Waals surface area contributed by atoms with E-state index in [9.17, 15) is 4.79 Å². The summed E-state index contributed by atoms with van der Waals surface area (Å²) in [6, 6.07) is 8.22. The van der Waals surface area contributed by atoms with E-state index in [2.05, 4.69) is 23.7 Å². The smallest absolute Gasteiger partial charge is 0.317 e. The first kappa shape index (κ1) is 18.6. The molecule has 2 aromatic rings. The average Bonchev–Trinajstić information content (AvgIpc) is 3.15. The first-order chi connectivity index (χ1) is 12.7. The fraction of sp³-hybridized carbons (Fsp3) is 0.450. The van der Waals surface area contributed by atoms with E-state index in [1.807, 2.05) is 23.1 Å². The zero-order valence-corrected chi connectivity index (χ0v) is 16.4. The molecule has 1 unspecified atom stereocenters. The van der Waals surface area contributed by atoms with E-state index in [-0.39, 0.29) is 12.1 Å². The van der Waals surface area contributed by atoms with E-state index in [4.69, 9.17) is 9.47 Å². The van der Waals surface area contributed by atoms with Crippen LogP contribution in [0.15, 0.2) is 29.6 Å². The van der Waals surface area contributed by atoms with Crippen LogP contribution in [-0.4, -0.2) is 38.2 Å². The molecule has 2 heterocycles. The number of ether oxygens (including phenoxy) is 2. The fourth-order valence-corrected chi connectivity index (χ4v) is 4.46. The van der Waals surface area contributed by atoms with Crippen molar-refractivity contribution in [2.45, 2.75) is 32.2 Å². The lowest BCUT2D eigenvalue weighted by Gasteiger charge is -2.35. The van der Waals surface area contributed by atoms with Gasteiger partial charge in [-0.25, -0.2) is 4.79 Å². The standard InChI is InChI=1S/C20H26N2O3S/c1-4-16-15-9-12-26-19(15)8-11-22(16)20(23)21-10-7-14-5-6-17(24-2)18(13-14)25-3/h5-6,9,12-13,16H,4,7-8,10-11H2,1-3H3,(H,21,23). The fourth-order valence-electron chi connectivity index (χ4n) is 3.53. The number of methoxy groups -OCH3 is 2. The zero-order valence-electron chi connectivity index (χ0n) is 15.6. The minimum atomic E-state index is 0.0224. The molecule has 1 aromatic heterocycles. The van der Waals surface area contributed by atoms with Gasteiger partial charge in [0.2, 0.25) is 0 Å². The van der Waals surface area contributed by atoms with Crippen molar-refractivity contribution in [3.05, 3.63) is 45.6 Å². The van der Waals surface area contributed by atoms with E-state index in [0.717, 1.165) is 31.4 Å². The number of thiophene rings is 1. The van der Waals surface area contributed by atoms with Gasteiger partial charge in [-0.3, -0.25) is 0 Å². The normalized spacial score (nSPS) is 16.1. The van der Waals surface area contributed by atoms with Gasteiger partial charge in [0.25, 0.3) is 0 Å². The SMILES string of the molecule is CCC1c2ccsc2CCN1C(=O)NCCc1ccc(OC)c(OC)c1. The van der Waals surface area contributed by atoms with Crippen molar-refractivity contribution in [1.82, 2.24) is 10.2 Å². The van der Waals surface area contributed by atoms with Crippen LogP contribution in [0.4, 0.5) is 4.79 Å². The predicted molar refractivity (Wildman–Crippen MR) is 104 cm³/mol. The highest BCUT2D eigenvalue weighted by Gasteiger charge is 2.30. The molecule has 26 heavy (non-hydrogen) atoms. The Hall–Kier alpha value is -2.21. The monoisotopic (exact) mass is 374 g/mol. The highest BCUT2D eigenvalue weighted by molar-refractivity contribution is 7.10. The van der Waals surface area contributed by atoms with Gasteiger partial charge in [-0.1, -0.05) is 13.0 Å². The summed E-state index contributed by atoms with van der Waals surface area (Å²) in [4.78, 5) is 16.1. The molecule has 1 aromatic carbocycles. The molecule has 0 saturated carbocycles. The van der Waals surface area contributed by atoms with Gasteiger partial charge in [0.15, 0.2) is 11.5 Å². The summed E-state index contributed by atoms with van der Waals surface area (Å²) >= 11 is 1.80. The van der Waals surface area contributed by atoms with E-state index in [0.29, 0.717) is 18.0 Å². The summed E-state index contributed by atoms with van der Waals surface area (Å²) in [7, 11) is 3.25. The molecular weight excluding hydrogens is 348 g/mol. The number of nitrogens with zero attached hydrogens (tertiary/aromatic N) is 1. The molecule has 5 nitrogen and oxygen atoms in total. The number of hydrogen-bond acceptors (Lipinski definition) is 4. The third-order valence-corrected chi connectivity index (χ3v) is 5.88. The number of rotatable bonds is 6. The highest BCUT2D eigenvalue weighted by Crippen LogP contribution is 2.35.